The lowest BCUT2D eigenvalue weighted by Gasteiger charge is -2.21. The van der Waals surface area contributed by atoms with Crippen molar-refractivity contribution in [2.24, 2.45) is 5.92 Å². The highest BCUT2D eigenvalue weighted by Gasteiger charge is 2.14. The number of carbonyl (C=O) groups is 1. The zero-order valence-corrected chi connectivity index (χ0v) is 10.1. The minimum atomic E-state index is 0.251. The molecule has 0 aliphatic carbocycles. The van der Waals surface area contributed by atoms with Gasteiger partial charge >= 0.3 is 0 Å². The Labute approximate surface area is 103 Å². The quantitative estimate of drug-likeness (QED) is 0.804. The predicted molar refractivity (Wildman–Crippen MR) is 70.7 cm³/mol. The van der Waals surface area contributed by atoms with Gasteiger partial charge in [0.25, 0.3) is 0 Å². The Kier molecular flexibility index (Phi) is 4.51. The van der Waals surface area contributed by atoms with E-state index in [1.807, 2.05) is 36.4 Å². The Morgan fingerprint density at radius 2 is 1.94 bits per heavy atom. The Morgan fingerprint density at radius 1 is 1.24 bits per heavy atom. The third kappa shape index (κ3) is 4.16. The third-order valence-corrected chi connectivity index (χ3v) is 3.21. The number of hydrogen-bond acceptors (Lipinski definition) is 2. The van der Waals surface area contributed by atoms with Crippen LogP contribution in [0.2, 0.25) is 0 Å². The van der Waals surface area contributed by atoms with E-state index in [9.17, 15) is 4.79 Å². The molecule has 1 aliphatic rings. The van der Waals surface area contributed by atoms with E-state index in [-0.39, 0.29) is 5.78 Å². The van der Waals surface area contributed by atoms with Crippen molar-refractivity contribution in [1.82, 2.24) is 5.32 Å². The molecule has 0 radical (unpaired) electrons. The maximum Gasteiger partial charge on any atom is 0.155 e. The van der Waals surface area contributed by atoms with Crippen molar-refractivity contribution in [3.63, 3.8) is 0 Å². The molecule has 2 rings (SSSR count). The second-order valence-electron chi connectivity index (χ2n) is 4.61. The largest absolute Gasteiger partial charge is 0.317 e. The number of allylic oxidation sites excluding steroid dienone is 1. The molecule has 1 aliphatic heterocycles. The molecule has 1 N–H and O–H groups in total. The van der Waals surface area contributed by atoms with Gasteiger partial charge in [-0.05, 0) is 43.5 Å². The van der Waals surface area contributed by atoms with Crippen molar-refractivity contribution >= 4 is 11.9 Å². The summed E-state index contributed by atoms with van der Waals surface area (Å²) in [5, 5.41) is 3.32. The molecule has 0 aromatic heterocycles. The molecule has 0 unspecified atom stereocenters. The second-order valence-corrected chi connectivity index (χ2v) is 4.61. The molecule has 1 fully saturated rings. The van der Waals surface area contributed by atoms with E-state index in [1.54, 1.807) is 6.08 Å². The summed E-state index contributed by atoms with van der Waals surface area (Å²) < 4.78 is 0. The number of rotatable bonds is 4. The van der Waals surface area contributed by atoms with Gasteiger partial charge in [0.05, 0.1) is 0 Å². The zero-order valence-electron chi connectivity index (χ0n) is 10.1. The van der Waals surface area contributed by atoms with Crippen LogP contribution in [0.25, 0.3) is 6.08 Å². The highest BCUT2D eigenvalue weighted by molar-refractivity contribution is 5.93. The van der Waals surface area contributed by atoms with E-state index in [1.165, 1.54) is 0 Å². The molecule has 0 amide bonds. The van der Waals surface area contributed by atoms with Gasteiger partial charge in [0.1, 0.15) is 0 Å². The number of ketones is 1. The van der Waals surface area contributed by atoms with Gasteiger partial charge in [-0.15, -0.1) is 0 Å². The Balaban J connectivity index is 1.82. The highest BCUT2D eigenvalue weighted by atomic mass is 16.1. The average Bonchev–Trinajstić information content (AvgIpc) is 2.39. The Morgan fingerprint density at radius 3 is 2.65 bits per heavy atom. The summed E-state index contributed by atoms with van der Waals surface area (Å²) in [7, 11) is 0. The van der Waals surface area contributed by atoms with Crippen molar-refractivity contribution < 1.29 is 4.79 Å². The summed E-state index contributed by atoms with van der Waals surface area (Å²) in [6.45, 7) is 2.11. The van der Waals surface area contributed by atoms with Gasteiger partial charge in [-0.3, -0.25) is 4.79 Å². The normalized spacial score (nSPS) is 17.4. The van der Waals surface area contributed by atoms with E-state index in [4.69, 9.17) is 0 Å². The Hall–Kier alpha value is -1.41. The average molecular weight is 229 g/mol. The molecule has 1 aromatic carbocycles. The smallest absolute Gasteiger partial charge is 0.155 e. The maximum atomic E-state index is 11.8. The van der Waals surface area contributed by atoms with Crippen LogP contribution in [0.3, 0.4) is 0 Å². The van der Waals surface area contributed by atoms with Gasteiger partial charge in [-0.1, -0.05) is 36.4 Å². The second kappa shape index (κ2) is 6.36. The third-order valence-electron chi connectivity index (χ3n) is 3.21. The maximum absolute atomic E-state index is 11.8. The van der Waals surface area contributed by atoms with E-state index >= 15 is 0 Å². The van der Waals surface area contributed by atoms with Crippen LogP contribution in [0.5, 0.6) is 0 Å². The fourth-order valence-corrected chi connectivity index (χ4v) is 2.19. The standard InChI is InChI=1S/C15H19NO/c17-15(12-14-8-10-16-11-9-14)7-6-13-4-2-1-3-5-13/h1-7,14,16H,8-12H2. The van der Waals surface area contributed by atoms with Crippen LogP contribution in [0.1, 0.15) is 24.8 Å². The van der Waals surface area contributed by atoms with Crippen LogP contribution in [0, 0.1) is 5.92 Å². The van der Waals surface area contributed by atoms with Crippen LogP contribution in [0.4, 0.5) is 0 Å². The summed E-state index contributed by atoms with van der Waals surface area (Å²) in [6.07, 6.45) is 6.58. The van der Waals surface area contributed by atoms with Gasteiger partial charge in [0.15, 0.2) is 5.78 Å². The predicted octanol–water partition coefficient (Wildman–Crippen LogP) is 2.66. The highest BCUT2D eigenvalue weighted by Crippen LogP contribution is 2.16. The number of benzene rings is 1. The molecule has 1 heterocycles. The molecular weight excluding hydrogens is 210 g/mol. The lowest BCUT2D eigenvalue weighted by molar-refractivity contribution is -0.115. The molecule has 90 valence electrons. The van der Waals surface area contributed by atoms with Crippen LogP contribution in [-0.4, -0.2) is 18.9 Å². The fraction of sp³-hybridized carbons (Fsp3) is 0.400. The summed E-state index contributed by atoms with van der Waals surface area (Å²) >= 11 is 0. The SMILES string of the molecule is O=C(C=Cc1ccccc1)CC1CCNCC1. The number of hydrogen-bond donors (Lipinski definition) is 1. The number of carbonyl (C=O) groups excluding carboxylic acids is 1. The van der Waals surface area contributed by atoms with Crippen molar-refractivity contribution in [2.75, 3.05) is 13.1 Å². The van der Waals surface area contributed by atoms with Gasteiger partial charge in [0.2, 0.25) is 0 Å². The van der Waals surface area contributed by atoms with Crippen molar-refractivity contribution in [1.29, 1.82) is 0 Å². The van der Waals surface area contributed by atoms with Gasteiger partial charge in [-0.2, -0.15) is 0 Å². The summed E-state index contributed by atoms with van der Waals surface area (Å²) in [6, 6.07) is 9.96. The van der Waals surface area contributed by atoms with Gasteiger partial charge < -0.3 is 5.32 Å². The summed E-state index contributed by atoms with van der Waals surface area (Å²) in [5.41, 5.74) is 1.09. The van der Waals surface area contributed by atoms with E-state index in [0.29, 0.717) is 12.3 Å². The van der Waals surface area contributed by atoms with Crippen LogP contribution < -0.4 is 5.32 Å². The minimum Gasteiger partial charge on any atom is -0.317 e. The molecular formula is C15H19NO. The van der Waals surface area contributed by atoms with E-state index < -0.39 is 0 Å². The van der Waals surface area contributed by atoms with Gasteiger partial charge in [0, 0.05) is 6.42 Å². The molecule has 17 heavy (non-hydrogen) atoms. The number of nitrogens with one attached hydrogen (secondary N) is 1. The molecule has 1 aromatic rings. The molecule has 0 spiro atoms. The monoisotopic (exact) mass is 229 g/mol. The first-order valence-corrected chi connectivity index (χ1v) is 6.31. The van der Waals surface area contributed by atoms with Crippen molar-refractivity contribution in [2.45, 2.75) is 19.3 Å². The molecule has 1 saturated heterocycles. The van der Waals surface area contributed by atoms with Crippen LogP contribution in [-0.2, 0) is 4.79 Å². The zero-order chi connectivity index (χ0) is 11.9. The molecule has 0 saturated carbocycles. The first-order valence-electron chi connectivity index (χ1n) is 6.31. The molecule has 2 heteroatoms. The fourth-order valence-electron chi connectivity index (χ4n) is 2.19. The van der Waals surface area contributed by atoms with Gasteiger partial charge in [-0.25, -0.2) is 0 Å². The molecule has 0 bridgehead atoms. The first-order chi connectivity index (χ1) is 8.34. The number of piperidine rings is 1. The van der Waals surface area contributed by atoms with Crippen molar-refractivity contribution in [3.8, 4) is 0 Å². The van der Waals surface area contributed by atoms with Crippen LogP contribution >= 0.6 is 0 Å². The molecule has 0 atom stereocenters. The lowest BCUT2D eigenvalue weighted by atomic mass is 9.92. The van der Waals surface area contributed by atoms with Crippen LogP contribution in [0.15, 0.2) is 36.4 Å². The van der Waals surface area contributed by atoms with E-state index in [0.717, 1.165) is 31.5 Å². The first kappa shape index (κ1) is 12.1. The molecule has 2 nitrogen and oxygen atoms in total. The lowest BCUT2D eigenvalue weighted by Crippen LogP contribution is -2.28. The van der Waals surface area contributed by atoms with Crippen molar-refractivity contribution in [3.05, 3.63) is 42.0 Å². The minimum absolute atomic E-state index is 0.251. The van der Waals surface area contributed by atoms with E-state index in [2.05, 4.69) is 5.32 Å². The summed E-state index contributed by atoms with van der Waals surface area (Å²) in [4.78, 5) is 11.8. The Bertz CT molecular complexity index is 377. The summed E-state index contributed by atoms with van der Waals surface area (Å²) in [5.74, 6) is 0.824. The topological polar surface area (TPSA) is 29.1 Å².